The molecule has 0 radical (unpaired) electrons. The van der Waals surface area contributed by atoms with Gasteiger partial charge in [-0.15, -0.1) is 0 Å². The molecule has 0 saturated carbocycles. The lowest BCUT2D eigenvalue weighted by atomic mass is 9.96. The van der Waals surface area contributed by atoms with Crippen molar-refractivity contribution in [3.8, 4) is 0 Å². The lowest BCUT2D eigenvalue weighted by Gasteiger charge is -2.15. The molecule has 0 fully saturated rings. The van der Waals surface area contributed by atoms with E-state index >= 15 is 0 Å². The molecule has 0 aromatic carbocycles. The molecule has 0 aromatic heterocycles. The zero-order valence-electron chi connectivity index (χ0n) is 7.96. The molecule has 0 saturated heterocycles. The molecule has 1 rings (SSSR count). The fraction of sp³-hybridized carbons (Fsp3) is 0.500. The van der Waals surface area contributed by atoms with Crippen molar-refractivity contribution in [1.29, 1.82) is 0 Å². The minimum atomic E-state index is -2.20. The van der Waals surface area contributed by atoms with E-state index in [1.54, 1.807) is 0 Å². The smallest absolute Gasteiger partial charge is 0.330 e. The molecule has 7 heteroatoms. The SMILES string of the molecule is NCCC1=CCC([N+](=O)[O-])([N+](=O)[O-])C=C1. The summed E-state index contributed by atoms with van der Waals surface area (Å²) in [6.07, 6.45) is 4.28. The first kappa shape index (κ1) is 11.3. The molecule has 7 nitrogen and oxygen atoms in total. The average molecular weight is 213 g/mol. The van der Waals surface area contributed by atoms with Crippen molar-refractivity contribution in [1.82, 2.24) is 0 Å². The van der Waals surface area contributed by atoms with Crippen molar-refractivity contribution < 1.29 is 9.85 Å². The number of hydrogen-bond donors (Lipinski definition) is 1. The van der Waals surface area contributed by atoms with E-state index in [2.05, 4.69) is 0 Å². The Morgan fingerprint density at radius 3 is 2.33 bits per heavy atom. The van der Waals surface area contributed by atoms with E-state index in [0.29, 0.717) is 13.0 Å². The highest BCUT2D eigenvalue weighted by Gasteiger charge is 2.53. The molecule has 0 amide bonds. The highest BCUT2D eigenvalue weighted by molar-refractivity contribution is 5.26. The third-order valence-electron chi connectivity index (χ3n) is 2.29. The molecule has 1 aliphatic rings. The highest BCUT2D eigenvalue weighted by Crippen LogP contribution is 2.25. The summed E-state index contributed by atoms with van der Waals surface area (Å²) in [5, 5.41) is 21.3. The zero-order valence-corrected chi connectivity index (χ0v) is 7.96. The van der Waals surface area contributed by atoms with Crippen molar-refractivity contribution in [2.75, 3.05) is 6.54 Å². The number of rotatable bonds is 4. The minimum absolute atomic E-state index is 0.223. The standard InChI is InChI=1S/C8H11N3O4/c9-6-3-7-1-4-8(5-2-7,10(12)13)11(14)15/h1-2,4H,3,5-6,9H2. The van der Waals surface area contributed by atoms with Gasteiger partial charge in [0, 0.05) is 0 Å². The molecule has 0 heterocycles. The summed E-state index contributed by atoms with van der Waals surface area (Å²) in [7, 11) is 0. The Hall–Kier alpha value is -1.76. The maximum Gasteiger partial charge on any atom is 0.481 e. The van der Waals surface area contributed by atoms with Crippen LogP contribution >= 0.6 is 0 Å². The summed E-state index contributed by atoms with van der Waals surface area (Å²) in [5.41, 5.74) is 3.91. The first-order chi connectivity index (χ1) is 7.03. The minimum Gasteiger partial charge on any atom is -0.330 e. The molecule has 2 N–H and O–H groups in total. The lowest BCUT2D eigenvalue weighted by molar-refractivity contribution is -0.780. The largest absolute Gasteiger partial charge is 0.481 e. The summed E-state index contributed by atoms with van der Waals surface area (Å²) >= 11 is 0. The van der Waals surface area contributed by atoms with Crippen LogP contribution in [0.4, 0.5) is 0 Å². The van der Waals surface area contributed by atoms with Crippen LogP contribution in [-0.2, 0) is 0 Å². The predicted octanol–water partition coefficient (Wildman–Crippen LogP) is 0.471. The molecule has 15 heavy (non-hydrogen) atoms. The summed E-state index contributed by atoms with van der Waals surface area (Å²) in [5.74, 6) is 0. The normalized spacial score (nSPS) is 18.3. The molecule has 0 atom stereocenters. The second-order valence-electron chi connectivity index (χ2n) is 3.25. The van der Waals surface area contributed by atoms with E-state index in [9.17, 15) is 20.2 Å². The van der Waals surface area contributed by atoms with Gasteiger partial charge in [-0.05, 0) is 24.6 Å². The molecule has 0 unspecified atom stereocenters. The summed E-state index contributed by atoms with van der Waals surface area (Å²) < 4.78 is 0. The van der Waals surface area contributed by atoms with Gasteiger partial charge in [-0.2, -0.15) is 0 Å². The molecule has 0 spiro atoms. The fourth-order valence-corrected chi connectivity index (χ4v) is 1.35. The van der Waals surface area contributed by atoms with Crippen LogP contribution in [0.5, 0.6) is 0 Å². The van der Waals surface area contributed by atoms with Crippen LogP contribution in [0.2, 0.25) is 0 Å². The maximum atomic E-state index is 10.6. The van der Waals surface area contributed by atoms with Gasteiger partial charge in [-0.3, -0.25) is 20.2 Å². The number of nitrogens with zero attached hydrogens (tertiary/aromatic N) is 2. The van der Waals surface area contributed by atoms with Crippen molar-refractivity contribution >= 4 is 0 Å². The quantitative estimate of drug-likeness (QED) is 0.414. The van der Waals surface area contributed by atoms with Crippen LogP contribution in [0, 0.1) is 20.2 Å². The number of nitro groups is 2. The van der Waals surface area contributed by atoms with Crippen LogP contribution < -0.4 is 5.73 Å². The van der Waals surface area contributed by atoms with Gasteiger partial charge >= 0.3 is 5.66 Å². The van der Waals surface area contributed by atoms with Crippen molar-refractivity contribution in [2.45, 2.75) is 18.5 Å². The lowest BCUT2D eigenvalue weighted by Crippen LogP contribution is -2.44. The first-order valence-corrected chi connectivity index (χ1v) is 4.40. The maximum absolute atomic E-state index is 10.6. The molecular weight excluding hydrogens is 202 g/mol. The summed E-state index contributed by atoms with van der Waals surface area (Å²) in [6, 6.07) is 0. The average Bonchev–Trinajstić information content (AvgIpc) is 2.18. The fourth-order valence-electron chi connectivity index (χ4n) is 1.35. The van der Waals surface area contributed by atoms with E-state index < -0.39 is 15.5 Å². The van der Waals surface area contributed by atoms with E-state index in [1.807, 2.05) is 0 Å². The predicted molar refractivity (Wildman–Crippen MR) is 52.2 cm³/mol. The van der Waals surface area contributed by atoms with E-state index in [-0.39, 0.29) is 6.42 Å². The van der Waals surface area contributed by atoms with Crippen LogP contribution in [-0.4, -0.2) is 22.1 Å². The molecule has 0 aromatic rings. The van der Waals surface area contributed by atoms with E-state index in [1.165, 1.54) is 12.2 Å². The Labute approximate surface area is 85.6 Å². The van der Waals surface area contributed by atoms with Crippen molar-refractivity contribution in [2.24, 2.45) is 5.73 Å². The Morgan fingerprint density at radius 2 is 2.00 bits per heavy atom. The summed E-state index contributed by atoms with van der Waals surface area (Å²) in [4.78, 5) is 19.5. The molecule has 0 aliphatic heterocycles. The number of nitrogens with two attached hydrogens (primary N) is 1. The van der Waals surface area contributed by atoms with Gasteiger partial charge in [0.1, 0.15) is 16.3 Å². The van der Waals surface area contributed by atoms with Gasteiger partial charge in [-0.25, -0.2) is 0 Å². The van der Waals surface area contributed by atoms with Crippen LogP contribution in [0.3, 0.4) is 0 Å². The van der Waals surface area contributed by atoms with Gasteiger partial charge in [0.05, 0.1) is 6.08 Å². The Bertz CT molecular complexity index is 334. The third kappa shape index (κ3) is 2.01. The third-order valence-corrected chi connectivity index (χ3v) is 2.29. The Kier molecular flexibility index (Phi) is 3.15. The van der Waals surface area contributed by atoms with Gasteiger partial charge in [0.2, 0.25) is 0 Å². The molecule has 1 aliphatic carbocycles. The van der Waals surface area contributed by atoms with Crippen LogP contribution in [0.25, 0.3) is 0 Å². The van der Waals surface area contributed by atoms with E-state index in [4.69, 9.17) is 5.73 Å². The first-order valence-electron chi connectivity index (χ1n) is 4.40. The summed E-state index contributed by atoms with van der Waals surface area (Å²) in [6.45, 7) is 0.417. The van der Waals surface area contributed by atoms with Crippen LogP contribution in [0.15, 0.2) is 23.8 Å². The van der Waals surface area contributed by atoms with Gasteiger partial charge in [-0.1, -0.05) is 6.08 Å². The zero-order chi connectivity index (χ0) is 11.5. The number of hydrogen-bond acceptors (Lipinski definition) is 5. The monoisotopic (exact) mass is 213 g/mol. The molecule has 0 bridgehead atoms. The second kappa shape index (κ2) is 4.18. The highest BCUT2D eigenvalue weighted by atomic mass is 16.7. The van der Waals surface area contributed by atoms with E-state index in [0.717, 1.165) is 11.6 Å². The Balaban J connectivity index is 2.89. The number of allylic oxidation sites excluding steroid dienone is 1. The van der Waals surface area contributed by atoms with Gasteiger partial charge < -0.3 is 5.73 Å². The van der Waals surface area contributed by atoms with Crippen molar-refractivity contribution in [3.05, 3.63) is 44.0 Å². The van der Waals surface area contributed by atoms with Gasteiger partial charge in [0.15, 0.2) is 0 Å². The topological polar surface area (TPSA) is 112 Å². The molecular formula is C8H11N3O4. The second-order valence-corrected chi connectivity index (χ2v) is 3.25. The molecule has 82 valence electrons. The Morgan fingerprint density at radius 1 is 1.40 bits per heavy atom. The van der Waals surface area contributed by atoms with Crippen molar-refractivity contribution in [3.63, 3.8) is 0 Å². The van der Waals surface area contributed by atoms with Gasteiger partial charge in [0.25, 0.3) is 0 Å². The van der Waals surface area contributed by atoms with Crippen LogP contribution in [0.1, 0.15) is 12.8 Å².